The Hall–Kier alpha value is -1.43. The van der Waals surface area contributed by atoms with Crippen LogP contribution in [0.1, 0.15) is 58.3 Å². The summed E-state index contributed by atoms with van der Waals surface area (Å²) in [5.74, 6) is 1.11. The van der Waals surface area contributed by atoms with Crippen molar-refractivity contribution < 1.29 is 9.32 Å². The SMILES string of the molecule is CC(NC(=O)C1CCCN1)c1nc(C(C)(C)C)no1. The summed E-state index contributed by atoms with van der Waals surface area (Å²) in [6, 6.07) is -0.356. The topological polar surface area (TPSA) is 80.0 Å². The molecule has 2 heterocycles. The lowest BCUT2D eigenvalue weighted by atomic mass is 9.96. The highest BCUT2D eigenvalue weighted by molar-refractivity contribution is 5.82. The van der Waals surface area contributed by atoms with Crippen LogP contribution in [-0.2, 0) is 10.2 Å². The van der Waals surface area contributed by atoms with Crippen molar-refractivity contribution in [1.82, 2.24) is 20.8 Å². The molecule has 0 spiro atoms. The lowest BCUT2D eigenvalue weighted by Gasteiger charge is -2.14. The van der Waals surface area contributed by atoms with Crippen LogP contribution in [0.2, 0.25) is 0 Å². The molecule has 2 rings (SSSR count). The molecule has 1 amide bonds. The third kappa shape index (κ3) is 3.32. The van der Waals surface area contributed by atoms with Crippen LogP contribution in [-0.4, -0.2) is 28.6 Å². The van der Waals surface area contributed by atoms with Crippen molar-refractivity contribution in [3.8, 4) is 0 Å². The normalized spacial score (nSPS) is 21.4. The van der Waals surface area contributed by atoms with Gasteiger partial charge < -0.3 is 15.2 Å². The highest BCUT2D eigenvalue weighted by atomic mass is 16.5. The van der Waals surface area contributed by atoms with Crippen LogP contribution >= 0.6 is 0 Å². The molecule has 6 nitrogen and oxygen atoms in total. The molecule has 1 aromatic heterocycles. The highest BCUT2D eigenvalue weighted by Gasteiger charge is 2.27. The molecule has 0 aliphatic carbocycles. The fourth-order valence-corrected chi connectivity index (χ4v) is 2.00. The van der Waals surface area contributed by atoms with Gasteiger partial charge in [-0.3, -0.25) is 4.79 Å². The number of carbonyl (C=O) groups is 1. The van der Waals surface area contributed by atoms with Crippen LogP contribution in [0, 0.1) is 0 Å². The first-order valence-corrected chi connectivity index (χ1v) is 6.76. The van der Waals surface area contributed by atoms with E-state index in [1.54, 1.807) is 0 Å². The minimum Gasteiger partial charge on any atom is -0.343 e. The summed E-state index contributed by atoms with van der Waals surface area (Å²) in [7, 11) is 0. The second-order valence-electron chi connectivity index (χ2n) is 6.09. The molecule has 19 heavy (non-hydrogen) atoms. The van der Waals surface area contributed by atoms with Gasteiger partial charge in [-0.15, -0.1) is 0 Å². The van der Waals surface area contributed by atoms with E-state index in [0.29, 0.717) is 11.7 Å². The quantitative estimate of drug-likeness (QED) is 0.862. The van der Waals surface area contributed by atoms with Crippen molar-refractivity contribution >= 4 is 5.91 Å². The van der Waals surface area contributed by atoms with E-state index < -0.39 is 0 Å². The number of amides is 1. The third-order valence-corrected chi connectivity index (χ3v) is 3.22. The van der Waals surface area contributed by atoms with Gasteiger partial charge in [0.15, 0.2) is 5.82 Å². The van der Waals surface area contributed by atoms with Gasteiger partial charge in [-0.05, 0) is 26.3 Å². The predicted molar refractivity (Wildman–Crippen MR) is 70.6 cm³/mol. The Kier molecular flexibility index (Phi) is 3.89. The average Bonchev–Trinajstić information content (AvgIpc) is 3.00. The zero-order valence-electron chi connectivity index (χ0n) is 12.0. The van der Waals surface area contributed by atoms with E-state index in [-0.39, 0.29) is 23.4 Å². The monoisotopic (exact) mass is 266 g/mol. The summed E-state index contributed by atoms with van der Waals surface area (Å²) in [5, 5.41) is 10.0. The van der Waals surface area contributed by atoms with E-state index >= 15 is 0 Å². The molecule has 0 radical (unpaired) electrons. The maximum atomic E-state index is 12.0. The lowest BCUT2D eigenvalue weighted by molar-refractivity contribution is -0.123. The maximum absolute atomic E-state index is 12.0. The molecule has 1 aliphatic rings. The zero-order valence-corrected chi connectivity index (χ0v) is 12.0. The first-order chi connectivity index (χ1) is 8.88. The van der Waals surface area contributed by atoms with Crippen molar-refractivity contribution in [3.63, 3.8) is 0 Å². The number of carbonyl (C=O) groups excluding carboxylic acids is 1. The van der Waals surface area contributed by atoms with Gasteiger partial charge in [0.25, 0.3) is 0 Å². The molecule has 0 bridgehead atoms. The molecule has 1 fully saturated rings. The standard InChI is InChI=1S/C13H22N4O2/c1-8(15-10(18)9-6-5-7-14-9)11-16-12(17-19-11)13(2,3)4/h8-9,14H,5-7H2,1-4H3,(H,15,18). The van der Waals surface area contributed by atoms with Crippen LogP contribution in [0.25, 0.3) is 0 Å². The molecule has 0 saturated carbocycles. The van der Waals surface area contributed by atoms with Gasteiger partial charge in [0.05, 0.1) is 6.04 Å². The molecule has 106 valence electrons. The molecule has 1 aromatic rings. The Morgan fingerprint density at radius 3 is 2.79 bits per heavy atom. The Balaban J connectivity index is 1.97. The number of rotatable bonds is 3. The van der Waals surface area contributed by atoms with Gasteiger partial charge in [-0.25, -0.2) is 0 Å². The van der Waals surface area contributed by atoms with Gasteiger partial charge >= 0.3 is 0 Å². The zero-order chi connectivity index (χ0) is 14.0. The van der Waals surface area contributed by atoms with E-state index in [1.165, 1.54) is 0 Å². The van der Waals surface area contributed by atoms with Crippen LogP contribution in [0.3, 0.4) is 0 Å². The molecule has 2 N–H and O–H groups in total. The summed E-state index contributed by atoms with van der Waals surface area (Å²) in [6.07, 6.45) is 1.93. The van der Waals surface area contributed by atoms with Crippen molar-refractivity contribution in [2.24, 2.45) is 0 Å². The van der Waals surface area contributed by atoms with E-state index in [0.717, 1.165) is 19.4 Å². The largest absolute Gasteiger partial charge is 0.343 e. The van der Waals surface area contributed by atoms with Gasteiger partial charge in [0, 0.05) is 5.41 Å². The first kappa shape index (κ1) is 14.0. The molecule has 2 unspecified atom stereocenters. The van der Waals surface area contributed by atoms with E-state index in [1.807, 2.05) is 27.7 Å². The Labute approximate surface area is 113 Å². The Bertz CT molecular complexity index is 444. The van der Waals surface area contributed by atoms with Crippen molar-refractivity contribution in [2.45, 2.75) is 58.0 Å². The maximum Gasteiger partial charge on any atom is 0.248 e. The minimum atomic E-state index is -0.265. The summed E-state index contributed by atoms with van der Waals surface area (Å²) in [5.41, 5.74) is -0.154. The van der Waals surface area contributed by atoms with E-state index in [4.69, 9.17) is 4.52 Å². The fraction of sp³-hybridized carbons (Fsp3) is 0.769. The number of nitrogens with zero attached hydrogens (tertiary/aromatic N) is 2. The van der Waals surface area contributed by atoms with E-state index in [9.17, 15) is 4.79 Å². The van der Waals surface area contributed by atoms with Crippen LogP contribution in [0.15, 0.2) is 4.52 Å². The number of hydrogen-bond donors (Lipinski definition) is 2. The number of nitrogens with one attached hydrogen (secondary N) is 2. The van der Waals surface area contributed by atoms with Crippen molar-refractivity contribution in [3.05, 3.63) is 11.7 Å². The summed E-state index contributed by atoms with van der Waals surface area (Å²) in [6.45, 7) is 8.82. The molecule has 6 heteroatoms. The van der Waals surface area contributed by atoms with Crippen LogP contribution < -0.4 is 10.6 Å². The number of hydrogen-bond acceptors (Lipinski definition) is 5. The van der Waals surface area contributed by atoms with Crippen LogP contribution in [0.4, 0.5) is 0 Å². The second kappa shape index (κ2) is 5.28. The van der Waals surface area contributed by atoms with Gasteiger partial charge in [0.1, 0.15) is 6.04 Å². The average molecular weight is 266 g/mol. The molecular formula is C13H22N4O2. The third-order valence-electron chi connectivity index (χ3n) is 3.22. The molecule has 1 saturated heterocycles. The Morgan fingerprint density at radius 2 is 2.26 bits per heavy atom. The van der Waals surface area contributed by atoms with Crippen molar-refractivity contribution in [2.75, 3.05) is 6.54 Å². The summed E-state index contributed by atoms with van der Waals surface area (Å²) < 4.78 is 5.22. The van der Waals surface area contributed by atoms with Gasteiger partial charge in [-0.1, -0.05) is 25.9 Å². The lowest BCUT2D eigenvalue weighted by Crippen LogP contribution is -2.41. The smallest absolute Gasteiger partial charge is 0.248 e. The fourth-order valence-electron chi connectivity index (χ4n) is 2.00. The van der Waals surface area contributed by atoms with Crippen LogP contribution in [0.5, 0.6) is 0 Å². The molecule has 1 aliphatic heterocycles. The molecule has 2 atom stereocenters. The highest BCUT2D eigenvalue weighted by Crippen LogP contribution is 2.20. The molecular weight excluding hydrogens is 244 g/mol. The summed E-state index contributed by atoms with van der Waals surface area (Å²) in [4.78, 5) is 16.3. The number of aromatic nitrogens is 2. The van der Waals surface area contributed by atoms with E-state index in [2.05, 4.69) is 20.8 Å². The van der Waals surface area contributed by atoms with Gasteiger partial charge in [0.2, 0.25) is 11.8 Å². The minimum absolute atomic E-state index is 0.000471. The van der Waals surface area contributed by atoms with Crippen molar-refractivity contribution in [1.29, 1.82) is 0 Å². The Morgan fingerprint density at radius 1 is 1.53 bits per heavy atom. The predicted octanol–water partition coefficient (Wildman–Crippen LogP) is 1.30. The van der Waals surface area contributed by atoms with Gasteiger partial charge in [-0.2, -0.15) is 4.98 Å². The second-order valence-corrected chi connectivity index (χ2v) is 6.09. The first-order valence-electron chi connectivity index (χ1n) is 6.76. The summed E-state index contributed by atoms with van der Waals surface area (Å²) >= 11 is 0. The molecule has 0 aromatic carbocycles.